The van der Waals surface area contributed by atoms with Gasteiger partial charge in [0.15, 0.2) is 0 Å². The molecule has 1 aliphatic heterocycles. The first kappa shape index (κ1) is 15.6. The summed E-state index contributed by atoms with van der Waals surface area (Å²) in [5.74, 6) is -0.188. The van der Waals surface area contributed by atoms with E-state index in [1.807, 2.05) is 6.07 Å². The van der Waals surface area contributed by atoms with Crippen molar-refractivity contribution in [2.75, 3.05) is 7.11 Å². The molecule has 114 valence electrons. The third-order valence-electron chi connectivity index (χ3n) is 3.13. The number of para-hydroxylation sites is 1. The third kappa shape index (κ3) is 3.44. The lowest BCUT2D eigenvalue weighted by Crippen LogP contribution is -2.43. The van der Waals surface area contributed by atoms with Crippen molar-refractivity contribution in [2.45, 2.75) is 12.5 Å². The quantitative estimate of drug-likeness (QED) is 0.633. The molecule has 1 atom stereocenters. The Morgan fingerprint density at radius 3 is 2.68 bits per heavy atom. The fourth-order valence-corrected chi connectivity index (χ4v) is 2.12. The minimum atomic E-state index is -0.640. The summed E-state index contributed by atoms with van der Waals surface area (Å²) in [7, 11) is 1.27. The first-order valence-electron chi connectivity index (χ1n) is 6.81. The number of hydrogen-bond acceptors (Lipinski definition) is 4. The number of amides is 1. The Morgan fingerprint density at radius 2 is 2.05 bits per heavy atom. The Labute approximate surface area is 129 Å². The third-order valence-corrected chi connectivity index (χ3v) is 3.13. The van der Waals surface area contributed by atoms with Crippen LogP contribution in [0.15, 0.2) is 66.9 Å². The highest BCUT2D eigenvalue weighted by Gasteiger charge is 2.32. The lowest BCUT2D eigenvalue weighted by atomic mass is 10.1. The summed E-state index contributed by atoms with van der Waals surface area (Å²) in [6, 6.07) is 8.34. The summed E-state index contributed by atoms with van der Waals surface area (Å²) in [6.45, 7) is 3.67. The van der Waals surface area contributed by atoms with Crippen LogP contribution in [0.1, 0.15) is 6.42 Å². The average Bonchev–Trinajstić information content (AvgIpc) is 2.55. The monoisotopic (exact) mass is 299 g/mol. The van der Waals surface area contributed by atoms with Crippen molar-refractivity contribution in [3.8, 4) is 5.75 Å². The van der Waals surface area contributed by atoms with Gasteiger partial charge in [0.05, 0.1) is 13.2 Å². The zero-order chi connectivity index (χ0) is 15.9. The molecule has 0 aliphatic carbocycles. The molecule has 1 unspecified atom stereocenters. The van der Waals surface area contributed by atoms with Crippen LogP contribution in [0, 0.1) is 0 Å². The van der Waals surface area contributed by atoms with Crippen LogP contribution in [0.25, 0.3) is 0 Å². The zero-order valence-corrected chi connectivity index (χ0v) is 12.3. The molecule has 5 nitrogen and oxygen atoms in total. The van der Waals surface area contributed by atoms with Gasteiger partial charge in [0, 0.05) is 0 Å². The van der Waals surface area contributed by atoms with E-state index in [1.165, 1.54) is 18.1 Å². The largest absolute Gasteiger partial charge is 0.464 e. The molecule has 1 aromatic rings. The van der Waals surface area contributed by atoms with Gasteiger partial charge in [0.1, 0.15) is 11.4 Å². The van der Waals surface area contributed by atoms with Crippen molar-refractivity contribution < 1.29 is 19.1 Å². The number of rotatable bonds is 4. The molecule has 22 heavy (non-hydrogen) atoms. The first-order valence-corrected chi connectivity index (χ1v) is 6.81. The van der Waals surface area contributed by atoms with Crippen LogP contribution in [0.2, 0.25) is 0 Å². The van der Waals surface area contributed by atoms with E-state index < -0.39 is 12.1 Å². The number of carbonyl (C=O) groups excluding carboxylic acids is 2. The van der Waals surface area contributed by atoms with Crippen molar-refractivity contribution in [3.05, 3.63) is 66.9 Å². The van der Waals surface area contributed by atoms with Crippen molar-refractivity contribution in [1.29, 1.82) is 0 Å². The summed E-state index contributed by atoms with van der Waals surface area (Å²) in [6.07, 6.45) is 6.58. The Bertz CT molecular complexity index is 619. The predicted molar refractivity (Wildman–Crippen MR) is 82.1 cm³/mol. The highest BCUT2D eigenvalue weighted by atomic mass is 16.6. The normalized spacial score (nSPS) is 16.7. The molecule has 1 heterocycles. The lowest BCUT2D eigenvalue weighted by Gasteiger charge is -2.31. The SMILES string of the molecule is C=CCC1C=CC=C(C(=O)OC)N1C(=O)Oc1ccccc1. The zero-order valence-electron chi connectivity index (χ0n) is 12.3. The summed E-state index contributed by atoms with van der Waals surface area (Å²) in [5, 5.41) is 0. The molecule has 0 radical (unpaired) electrons. The van der Waals surface area contributed by atoms with E-state index in [0.29, 0.717) is 12.2 Å². The van der Waals surface area contributed by atoms with E-state index in [1.54, 1.807) is 42.5 Å². The van der Waals surface area contributed by atoms with E-state index >= 15 is 0 Å². The van der Waals surface area contributed by atoms with Gasteiger partial charge in [0.25, 0.3) is 0 Å². The van der Waals surface area contributed by atoms with Gasteiger partial charge in [-0.3, -0.25) is 4.90 Å². The Morgan fingerprint density at radius 1 is 1.32 bits per heavy atom. The number of hydrogen-bond donors (Lipinski definition) is 0. The Balaban J connectivity index is 2.26. The minimum absolute atomic E-state index is 0.137. The molecule has 0 saturated carbocycles. The van der Waals surface area contributed by atoms with Crippen molar-refractivity contribution in [1.82, 2.24) is 4.90 Å². The van der Waals surface area contributed by atoms with Gasteiger partial charge in [-0.05, 0) is 24.6 Å². The predicted octanol–water partition coefficient (Wildman–Crippen LogP) is 3.06. The Kier molecular flexibility index (Phi) is 5.14. The van der Waals surface area contributed by atoms with Crippen LogP contribution < -0.4 is 4.74 Å². The maximum Gasteiger partial charge on any atom is 0.420 e. The van der Waals surface area contributed by atoms with Gasteiger partial charge >= 0.3 is 12.1 Å². The van der Waals surface area contributed by atoms with Gasteiger partial charge in [0.2, 0.25) is 0 Å². The molecule has 2 rings (SSSR count). The van der Waals surface area contributed by atoms with Crippen LogP contribution in [0.4, 0.5) is 4.79 Å². The van der Waals surface area contributed by atoms with Crippen molar-refractivity contribution >= 4 is 12.1 Å². The second kappa shape index (κ2) is 7.26. The number of benzene rings is 1. The van der Waals surface area contributed by atoms with Gasteiger partial charge in [-0.15, -0.1) is 6.58 Å². The summed E-state index contributed by atoms with van der Waals surface area (Å²) >= 11 is 0. The van der Waals surface area contributed by atoms with E-state index in [0.717, 1.165) is 0 Å². The number of methoxy groups -OCH3 is 1. The topological polar surface area (TPSA) is 55.8 Å². The number of allylic oxidation sites excluding steroid dienone is 2. The summed E-state index contributed by atoms with van der Waals surface area (Å²) in [4.78, 5) is 25.6. The lowest BCUT2D eigenvalue weighted by molar-refractivity contribution is -0.137. The number of carbonyl (C=O) groups is 2. The molecule has 5 heteroatoms. The fourth-order valence-electron chi connectivity index (χ4n) is 2.12. The van der Waals surface area contributed by atoms with E-state index in [-0.39, 0.29) is 11.7 Å². The number of nitrogens with zero attached hydrogens (tertiary/aromatic N) is 1. The molecule has 0 fully saturated rings. The molecule has 0 spiro atoms. The number of ether oxygens (including phenoxy) is 2. The van der Waals surface area contributed by atoms with Crippen molar-refractivity contribution in [3.63, 3.8) is 0 Å². The maximum absolute atomic E-state index is 12.5. The molecule has 1 amide bonds. The molecule has 1 aromatic carbocycles. The number of esters is 1. The second-order valence-corrected chi connectivity index (χ2v) is 4.57. The molecule has 0 bridgehead atoms. The second-order valence-electron chi connectivity index (χ2n) is 4.57. The first-order chi connectivity index (χ1) is 10.7. The molecular weight excluding hydrogens is 282 g/mol. The van der Waals surface area contributed by atoms with Gasteiger partial charge in [-0.1, -0.05) is 36.4 Å². The van der Waals surface area contributed by atoms with Crippen LogP contribution in [-0.4, -0.2) is 30.1 Å². The van der Waals surface area contributed by atoms with Crippen LogP contribution in [0.5, 0.6) is 5.75 Å². The van der Waals surface area contributed by atoms with Gasteiger partial charge in [-0.25, -0.2) is 9.59 Å². The molecule has 0 aromatic heterocycles. The smallest absolute Gasteiger partial charge is 0.420 e. The molecular formula is C17H17NO4. The van der Waals surface area contributed by atoms with E-state index in [2.05, 4.69) is 6.58 Å². The molecule has 1 aliphatic rings. The van der Waals surface area contributed by atoms with Crippen LogP contribution >= 0.6 is 0 Å². The van der Waals surface area contributed by atoms with E-state index in [4.69, 9.17) is 9.47 Å². The molecule has 0 saturated heterocycles. The van der Waals surface area contributed by atoms with Gasteiger partial charge < -0.3 is 9.47 Å². The highest BCUT2D eigenvalue weighted by molar-refractivity contribution is 5.93. The van der Waals surface area contributed by atoms with E-state index in [9.17, 15) is 9.59 Å². The minimum Gasteiger partial charge on any atom is -0.464 e. The molecule has 0 N–H and O–H groups in total. The maximum atomic E-state index is 12.5. The van der Waals surface area contributed by atoms with Crippen molar-refractivity contribution in [2.24, 2.45) is 0 Å². The summed E-state index contributed by atoms with van der Waals surface area (Å²) in [5.41, 5.74) is 0.137. The van der Waals surface area contributed by atoms with Crippen LogP contribution in [-0.2, 0) is 9.53 Å². The van der Waals surface area contributed by atoms with Gasteiger partial charge in [-0.2, -0.15) is 0 Å². The standard InChI is InChI=1S/C17H17NO4/c1-3-8-13-9-7-12-15(16(19)21-2)18(13)17(20)22-14-10-5-4-6-11-14/h3-7,9-13H,1,8H2,2H3. The highest BCUT2D eigenvalue weighted by Crippen LogP contribution is 2.22. The van der Waals surface area contributed by atoms with Crippen LogP contribution in [0.3, 0.4) is 0 Å². The average molecular weight is 299 g/mol. The fraction of sp³-hybridized carbons (Fsp3) is 0.176. The Hall–Kier alpha value is -2.82. The summed E-state index contributed by atoms with van der Waals surface area (Å²) < 4.78 is 10.1.